The number of hydrogen-bond acceptors (Lipinski definition) is 5. The van der Waals surface area contributed by atoms with Crippen LogP contribution in [0.5, 0.6) is 0 Å². The topological polar surface area (TPSA) is 99.1 Å². The lowest BCUT2D eigenvalue weighted by Crippen LogP contribution is -2.27. The molecule has 0 fully saturated rings. The van der Waals surface area contributed by atoms with Crippen LogP contribution in [-0.4, -0.2) is 31.7 Å². The number of amides is 1. The number of rotatable bonds is 6. The van der Waals surface area contributed by atoms with Crippen molar-refractivity contribution < 1.29 is 40.3 Å². The quantitative estimate of drug-likeness (QED) is 0.566. The summed E-state index contributed by atoms with van der Waals surface area (Å²) in [5.74, 6) is -1.75. The van der Waals surface area contributed by atoms with E-state index >= 15 is 0 Å². The third-order valence-electron chi connectivity index (χ3n) is 4.37. The molecule has 2 aromatic rings. The second kappa shape index (κ2) is 9.70. The van der Waals surface area contributed by atoms with Crippen LogP contribution in [0, 0.1) is 11.6 Å². The first-order valence-corrected chi connectivity index (χ1v) is 11.9. The third kappa shape index (κ3) is 5.76. The van der Waals surface area contributed by atoms with E-state index in [0.717, 1.165) is 41.3 Å². The molecule has 33 heavy (non-hydrogen) atoms. The fourth-order valence-electron chi connectivity index (χ4n) is 2.92. The van der Waals surface area contributed by atoms with Crippen LogP contribution in [0.1, 0.15) is 11.1 Å². The van der Waals surface area contributed by atoms with Gasteiger partial charge in [0.15, 0.2) is 0 Å². The fourth-order valence-corrected chi connectivity index (χ4v) is 4.55. The highest BCUT2D eigenvalue weighted by Crippen LogP contribution is 2.38. The first-order chi connectivity index (χ1) is 15.5. The molecule has 2 N–H and O–H groups in total. The van der Waals surface area contributed by atoms with Gasteiger partial charge in [0, 0.05) is 27.1 Å². The summed E-state index contributed by atoms with van der Waals surface area (Å²) in [6.45, 7) is -0.168. The van der Waals surface area contributed by atoms with E-state index in [1.54, 1.807) is 0 Å². The van der Waals surface area contributed by atoms with E-state index < -0.39 is 59.6 Å². The predicted molar refractivity (Wildman–Crippen MR) is 113 cm³/mol. The van der Waals surface area contributed by atoms with Crippen LogP contribution in [0.3, 0.4) is 0 Å². The van der Waals surface area contributed by atoms with Crippen LogP contribution < -0.4 is 10.2 Å². The van der Waals surface area contributed by atoms with Crippen molar-refractivity contribution in [2.45, 2.75) is 12.6 Å². The average Bonchev–Trinajstić information content (AvgIpc) is 3.20. The second-order valence-corrected chi connectivity index (χ2v) is 9.98. The smallest absolute Gasteiger partial charge is 0.418 e. The van der Waals surface area contributed by atoms with Crippen molar-refractivity contribution in [3.05, 3.63) is 70.4 Å². The number of alkyl halides is 3. The van der Waals surface area contributed by atoms with E-state index in [9.17, 15) is 40.3 Å². The Morgan fingerprint density at radius 1 is 1.15 bits per heavy atom. The number of aliphatic imine (C=N–C) groups is 1. The molecule has 1 heterocycles. The molecular formula is C19H14F5N3O4S2. The number of benzene rings is 2. The van der Waals surface area contributed by atoms with Gasteiger partial charge in [-0.2, -0.15) is 21.6 Å². The fraction of sp³-hybridized carbons (Fsp3) is 0.158. The molecule has 14 heteroatoms. The summed E-state index contributed by atoms with van der Waals surface area (Å²) < 4.78 is 90.1. The Morgan fingerprint density at radius 3 is 2.48 bits per heavy atom. The van der Waals surface area contributed by atoms with Crippen molar-refractivity contribution in [2.24, 2.45) is 4.99 Å². The number of nitrogens with one attached hydrogen (secondary N) is 1. The zero-order chi connectivity index (χ0) is 24.3. The van der Waals surface area contributed by atoms with Crippen molar-refractivity contribution in [1.29, 1.82) is 0 Å². The van der Waals surface area contributed by atoms with Gasteiger partial charge in [-0.1, -0.05) is 0 Å². The molecule has 7 nitrogen and oxygen atoms in total. The van der Waals surface area contributed by atoms with E-state index in [0.29, 0.717) is 11.0 Å². The van der Waals surface area contributed by atoms with Gasteiger partial charge < -0.3 is 10.4 Å². The normalized spacial score (nSPS) is 15.3. The molecule has 0 spiro atoms. The summed E-state index contributed by atoms with van der Waals surface area (Å²) in [6, 6.07) is 5.40. The number of carboxylic acid groups (broad SMARTS) is 1. The third-order valence-corrected chi connectivity index (χ3v) is 6.93. The molecule has 1 unspecified atom stereocenters. The molecule has 0 aromatic heterocycles. The molecule has 0 saturated heterocycles. The van der Waals surface area contributed by atoms with Crippen LogP contribution in [-0.2, 0) is 31.3 Å². The van der Waals surface area contributed by atoms with Gasteiger partial charge in [-0.15, -0.1) is 0 Å². The molecule has 2 aromatic carbocycles. The van der Waals surface area contributed by atoms with Crippen molar-refractivity contribution >= 4 is 41.7 Å². The maximum absolute atomic E-state index is 13.7. The second-order valence-electron chi connectivity index (χ2n) is 6.50. The number of carbonyl (C=O) groups is 1. The summed E-state index contributed by atoms with van der Waals surface area (Å²) in [7, 11) is -4.11. The number of nitrogens with zero attached hydrogens (tertiary/aromatic N) is 2. The highest BCUT2D eigenvalue weighted by Gasteiger charge is 2.35. The Bertz CT molecular complexity index is 1300. The zero-order valence-electron chi connectivity index (χ0n) is 16.3. The molecule has 3 rings (SSSR count). The number of halogens is 5. The van der Waals surface area contributed by atoms with Gasteiger partial charge in [0.05, 0.1) is 16.8 Å². The Morgan fingerprint density at radius 2 is 1.88 bits per heavy atom. The van der Waals surface area contributed by atoms with Gasteiger partial charge in [0.2, 0.25) is 9.26 Å². The van der Waals surface area contributed by atoms with Gasteiger partial charge in [0.1, 0.15) is 17.5 Å². The first kappa shape index (κ1) is 24.4. The van der Waals surface area contributed by atoms with Gasteiger partial charge in [-0.3, -0.25) is 0 Å². The molecule has 0 bridgehead atoms. The molecule has 0 radical (unpaired) electrons. The van der Waals surface area contributed by atoms with Crippen LogP contribution in [0.2, 0.25) is 0 Å². The Labute approximate surface area is 187 Å². The first-order valence-electron chi connectivity index (χ1n) is 8.97. The summed E-state index contributed by atoms with van der Waals surface area (Å²) in [5, 5.41) is 13.0. The van der Waals surface area contributed by atoms with Crippen LogP contribution >= 0.6 is 0 Å². The molecule has 0 saturated carbocycles. The SMILES string of the molecule is O=C(O)N(C1=CS(=S(=O)=O)C=N1)c1ccc(NCCc2cc(F)ccc2F)c(C(F)(F)F)c1. The van der Waals surface area contributed by atoms with Crippen molar-refractivity contribution in [3.8, 4) is 0 Å². The van der Waals surface area contributed by atoms with E-state index in [1.807, 2.05) is 0 Å². The van der Waals surface area contributed by atoms with Crippen LogP contribution in [0.4, 0.5) is 38.1 Å². The van der Waals surface area contributed by atoms with E-state index in [-0.39, 0.29) is 24.4 Å². The number of hydrogen-bond donors (Lipinski definition) is 2. The summed E-state index contributed by atoms with van der Waals surface area (Å²) in [6.07, 6.45) is -6.67. The summed E-state index contributed by atoms with van der Waals surface area (Å²) in [5.41, 5.74) is -1.08. The molecular weight excluding hydrogens is 493 g/mol. The number of anilines is 2. The lowest BCUT2D eigenvalue weighted by atomic mass is 10.1. The van der Waals surface area contributed by atoms with E-state index in [1.165, 1.54) is 0 Å². The molecule has 1 aliphatic heterocycles. The molecule has 1 amide bonds. The van der Waals surface area contributed by atoms with Crippen molar-refractivity contribution in [1.82, 2.24) is 0 Å². The minimum atomic E-state index is -4.89. The summed E-state index contributed by atoms with van der Waals surface area (Å²) >= 11 is 0. The largest absolute Gasteiger partial charge is 0.464 e. The highest BCUT2D eigenvalue weighted by molar-refractivity contribution is 8.42. The van der Waals surface area contributed by atoms with Crippen LogP contribution in [0.25, 0.3) is 0 Å². The monoisotopic (exact) mass is 507 g/mol. The Hall–Kier alpha value is -3.26. The van der Waals surface area contributed by atoms with Crippen molar-refractivity contribution in [3.63, 3.8) is 0 Å². The van der Waals surface area contributed by atoms with Gasteiger partial charge in [-0.25, -0.2) is 23.5 Å². The van der Waals surface area contributed by atoms with Gasteiger partial charge in [-0.05, 0) is 48.4 Å². The predicted octanol–water partition coefficient (Wildman–Crippen LogP) is 4.38. The lowest BCUT2D eigenvalue weighted by molar-refractivity contribution is -0.136. The molecule has 1 aliphatic rings. The van der Waals surface area contributed by atoms with Gasteiger partial charge >= 0.3 is 12.3 Å². The van der Waals surface area contributed by atoms with E-state index in [2.05, 4.69) is 10.3 Å². The Balaban J connectivity index is 1.91. The molecule has 0 aliphatic carbocycles. The van der Waals surface area contributed by atoms with Crippen molar-refractivity contribution in [2.75, 3.05) is 16.8 Å². The molecule has 176 valence electrons. The zero-order valence-corrected chi connectivity index (χ0v) is 17.9. The van der Waals surface area contributed by atoms with Gasteiger partial charge in [0.25, 0.3) is 0 Å². The molecule has 1 atom stereocenters. The highest BCUT2D eigenvalue weighted by atomic mass is 32.9. The summed E-state index contributed by atoms with van der Waals surface area (Å²) in [4.78, 5) is 15.8. The minimum absolute atomic E-state index is 0.0260. The lowest BCUT2D eigenvalue weighted by Gasteiger charge is -2.21. The van der Waals surface area contributed by atoms with Crippen LogP contribution in [0.15, 0.2) is 52.6 Å². The standard InChI is InChI=1S/C19H14F5N3O4S2/c20-12-1-3-15(21)11(7-12)5-6-25-16-4-2-13(8-14(16)19(22,23)24)27(18(28)29)17-9-32(10-26-17)33(30)31/h1-4,7-10,25H,5-6H2,(H,28,29). The average molecular weight is 507 g/mol. The minimum Gasteiger partial charge on any atom is -0.464 e. The van der Waals surface area contributed by atoms with E-state index in [4.69, 9.17) is 0 Å². The Kier molecular flexibility index (Phi) is 7.17. The maximum atomic E-state index is 13.7. The maximum Gasteiger partial charge on any atom is 0.418 e.